The van der Waals surface area contributed by atoms with E-state index >= 15 is 0 Å². The lowest BCUT2D eigenvalue weighted by atomic mass is 10.1. The SMILES string of the molecule is COc1c(O)cccc1C(F)(F)N=C=O. The fraction of sp³-hybridized carbons (Fsp3) is 0.222. The Morgan fingerprint density at radius 1 is 1.53 bits per heavy atom. The molecule has 0 bridgehead atoms. The van der Waals surface area contributed by atoms with Gasteiger partial charge in [0.25, 0.3) is 0 Å². The first-order valence-corrected chi connectivity index (χ1v) is 3.86. The van der Waals surface area contributed by atoms with Crippen LogP contribution in [0.1, 0.15) is 5.56 Å². The standard InChI is InChI=1S/C9H7F2NO3/c1-15-8-6(3-2-4-7(8)14)9(10,11)12-5-13/h2-4,14H,1H3. The second-order valence-corrected chi connectivity index (χ2v) is 2.60. The average molecular weight is 215 g/mol. The maximum Gasteiger partial charge on any atom is 0.382 e. The third kappa shape index (κ3) is 2.11. The number of ether oxygens (including phenoxy) is 1. The summed E-state index contributed by atoms with van der Waals surface area (Å²) in [6.45, 7) is 0. The number of aromatic hydroxyl groups is 1. The highest BCUT2D eigenvalue weighted by Gasteiger charge is 2.35. The summed E-state index contributed by atoms with van der Waals surface area (Å²) in [5.41, 5.74) is -0.687. The highest BCUT2D eigenvalue weighted by Crippen LogP contribution is 2.40. The van der Waals surface area contributed by atoms with E-state index in [4.69, 9.17) is 0 Å². The van der Waals surface area contributed by atoms with Crippen LogP contribution in [0.25, 0.3) is 0 Å². The number of halogens is 2. The molecule has 0 aliphatic carbocycles. The van der Waals surface area contributed by atoms with E-state index in [2.05, 4.69) is 9.73 Å². The topological polar surface area (TPSA) is 58.9 Å². The fourth-order valence-corrected chi connectivity index (χ4v) is 1.09. The molecule has 1 aromatic rings. The molecule has 0 heterocycles. The quantitative estimate of drug-likeness (QED) is 0.475. The zero-order valence-electron chi connectivity index (χ0n) is 7.70. The molecule has 0 saturated heterocycles. The molecule has 6 heteroatoms. The van der Waals surface area contributed by atoms with Crippen molar-refractivity contribution in [2.24, 2.45) is 4.99 Å². The number of aliphatic imine (C=N–C) groups is 1. The van der Waals surface area contributed by atoms with Gasteiger partial charge in [-0.25, -0.2) is 4.79 Å². The maximum absolute atomic E-state index is 13.2. The maximum atomic E-state index is 13.2. The molecule has 0 spiro atoms. The number of hydrogen-bond acceptors (Lipinski definition) is 4. The number of phenolic OH excluding ortho intramolecular Hbond substituents is 1. The van der Waals surface area contributed by atoms with Gasteiger partial charge in [0.15, 0.2) is 11.5 Å². The Labute approximate surface area is 83.8 Å². The van der Waals surface area contributed by atoms with Crippen LogP contribution in [0.2, 0.25) is 0 Å². The molecule has 0 aliphatic rings. The molecule has 0 aliphatic heterocycles. The van der Waals surface area contributed by atoms with Crippen molar-refractivity contribution in [2.45, 2.75) is 6.05 Å². The Morgan fingerprint density at radius 2 is 2.20 bits per heavy atom. The summed E-state index contributed by atoms with van der Waals surface area (Å²) in [6, 6.07) is -0.379. The van der Waals surface area contributed by atoms with Crippen LogP contribution >= 0.6 is 0 Å². The Bertz CT molecular complexity index is 414. The van der Waals surface area contributed by atoms with Crippen molar-refractivity contribution >= 4 is 6.08 Å². The van der Waals surface area contributed by atoms with E-state index in [1.165, 1.54) is 12.1 Å². The number of benzene rings is 1. The van der Waals surface area contributed by atoms with E-state index in [9.17, 15) is 18.7 Å². The van der Waals surface area contributed by atoms with Gasteiger partial charge < -0.3 is 9.84 Å². The van der Waals surface area contributed by atoms with Crippen molar-refractivity contribution in [3.8, 4) is 11.5 Å². The highest BCUT2D eigenvalue weighted by molar-refractivity contribution is 5.48. The van der Waals surface area contributed by atoms with E-state index in [0.29, 0.717) is 0 Å². The van der Waals surface area contributed by atoms with Gasteiger partial charge in [-0.15, -0.1) is 4.99 Å². The smallest absolute Gasteiger partial charge is 0.382 e. The van der Waals surface area contributed by atoms with Crippen LogP contribution in [0.15, 0.2) is 23.2 Å². The Morgan fingerprint density at radius 3 is 2.73 bits per heavy atom. The van der Waals surface area contributed by atoms with Gasteiger partial charge in [-0.3, -0.25) is 0 Å². The first kappa shape index (κ1) is 11.1. The normalized spacial score (nSPS) is 10.6. The van der Waals surface area contributed by atoms with Crippen molar-refractivity contribution in [1.29, 1.82) is 0 Å². The van der Waals surface area contributed by atoms with Crippen molar-refractivity contribution in [3.63, 3.8) is 0 Å². The number of alkyl halides is 2. The summed E-state index contributed by atoms with van der Waals surface area (Å²) in [5, 5.41) is 9.22. The molecular weight excluding hydrogens is 208 g/mol. The van der Waals surface area contributed by atoms with Gasteiger partial charge in [-0.05, 0) is 12.1 Å². The summed E-state index contributed by atoms with van der Waals surface area (Å²) >= 11 is 0. The van der Waals surface area contributed by atoms with Crippen molar-refractivity contribution in [2.75, 3.05) is 7.11 Å². The van der Waals surface area contributed by atoms with E-state index in [1.807, 2.05) is 0 Å². The number of nitrogens with zero attached hydrogens (tertiary/aromatic N) is 1. The van der Waals surface area contributed by atoms with Crippen molar-refractivity contribution < 1.29 is 23.4 Å². The molecule has 0 radical (unpaired) electrons. The summed E-state index contributed by atoms with van der Waals surface area (Å²) in [4.78, 5) is 12.1. The van der Waals surface area contributed by atoms with Crippen LogP contribution in [-0.4, -0.2) is 18.3 Å². The van der Waals surface area contributed by atoms with Crippen LogP contribution in [0.4, 0.5) is 8.78 Å². The molecule has 0 fully saturated rings. The number of methoxy groups -OCH3 is 1. The van der Waals surface area contributed by atoms with Gasteiger partial charge in [0.05, 0.1) is 12.7 Å². The summed E-state index contributed by atoms with van der Waals surface area (Å²) in [6.07, 6.45) is 0.765. The van der Waals surface area contributed by atoms with E-state index in [0.717, 1.165) is 19.3 Å². The van der Waals surface area contributed by atoms with Gasteiger partial charge in [-0.1, -0.05) is 6.07 Å². The van der Waals surface area contributed by atoms with Gasteiger partial charge in [-0.2, -0.15) is 8.78 Å². The molecule has 0 amide bonds. The van der Waals surface area contributed by atoms with Gasteiger partial charge in [0.2, 0.25) is 6.08 Å². The van der Waals surface area contributed by atoms with E-state index in [-0.39, 0.29) is 0 Å². The molecule has 0 atom stereocenters. The second-order valence-electron chi connectivity index (χ2n) is 2.60. The van der Waals surface area contributed by atoms with Gasteiger partial charge in [0.1, 0.15) is 0 Å². The zero-order chi connectivity index (χ0) is 11.5. The minimum absolute atomic E-state index is 0.415. The molecule has 1 N–H and O–H groups in total. The predicted octanol–water partition coefficient (Wildman–Crippen LogP) is 1.79. The number of rotatable bonds is 3. The van der Waals surface area contributed by atoms with Gasteiger partial charge >= 0.3 is 6.05 Å². The molecule has 15 heavy (non-hydrogen) atoms. The largest absolute Gasteiger partial charge is 0.504 e. The number of carbonyl (C=O) groups excluding carboxylic acids is 1. The fourth-order valence-electron chi connectivity index (χ4n) is 1.09. The average Bonchev–Trinajstić information content (AvgIpc) is 2.17. The lowest BCUT2D eigenvalue weighted by Crippen LogP contribution is -2.11. The molecule has 0 unspecified atom stereocenters. The minimum atomic E-state index is -3.76. The van der Waals surface area contributed by atoms with E-state index in [1.54, 1.807) is 0 Å². The lowest BCUT2D eigenvalue weighted by molar-refractivity contribution is 0.00356. The predicted molar refractivity (Wildman–Crippen MR) is 46.7 cm³/mol. The van der Waals surface area contributed by atoms with Crippen LogP contribution in [0.3, 0.4) is 0 Å². The molecule has 1 aromatic carbocycles. The van der Waals surface area contributed by atoms with Crippen LogP contribution in [0, 0.1) is 0 Å². The summed E-state index contributed by atoms with van der Waals surface area (Å²) in [7, 11) is 1.12. The second kappa shape index (κ2) is 4.06. The number of hydrogen-bond donors (Lipinski definition) is 1. The third-order valence-electron chi connectivity index (χ3n) is 1.71. The number of isocyanates is 1. The first-order valence-electron chi connectivity index (χ1n) is 3.86. The molecule has 4 nitrogen and oxygen atoms in total. The number of phenols is 1. The van der Waals surface area contributed by atoms with Crippen molar-refractivity contribution in [1.82, 2.24) is 0 Å². The molecule has 0 aromatic heterocycles. The van der Waals surface area contributed by atoms with E-state index < -0.39 is 23.1 Å². The minimum Gasteiger partial charge on any atom is -0.504 e. The first-order chi connectivity index (χ1) is 7.03. The molecule has 0 saturated carbocycles. The molecular formula is C9H7F2NO3. The summed E-state index contributed by atoms with van der Waals surface area (Å²) < 4.78 is 30.9. The van der Waals surface area contributed by atoms with Gasteiger partial charge in [0, 0.05) is 0 Å². The molecule has 1 rings (SSSR count). The molecule has 80 valence electrons. The van der Waals surface area contributed by atoms with Crippen LogP contribution in [0.5, 0.6) is 11.5 Å². The van der Waals surface area contributed by atoms with Crippen LogP contribution in [-0.2, 0) is 10.8 Å². The highest BCUT2D eigenvalue weighted by atomic mass is 19.3. The zero-order valence-corrected chi connectivity index (χ0v) is 7.70. The monoisotopic (exact) mass is 215 g/mol. The third-order valence-corrected chi connectivity index (χ3v) is 1.71. The lowest BCUT2D eigenvalue weighted by Gasteiger charge is -2.14. The Kier molecular flexibility index (Phi) is 3.01. The van der Waals surface area contributed by atoms with Crippen LogP contribution < -0.4 is 4.74 Å². The summed E-state index contributed by atoms with van der Waals surface area (Å²) in [5.74, 6) is -0.864. The Hall–Kier alpha value is -1.94. The van der Waals surface area contributed by atoms with Crippen molar-refractivity contribution in [3.05, 3.63) is 23.8 Å². The Balaban J connectivity index is 3.36. The number of para-hydroxylation sites is 1.